The average Bonchev–Trinajstić information content (AvgIpc) is 3.03. The Morgan fingerprint density at radius 1 is 1.50 bits per heavy atom. The maximum Gasteiger partial charge on any atom is 0.245 e. The Balaban J connectivity index is 2.24. The van der Waals surface area contributed by atoms with Crippen LogP contribution in [0.5, 0.6) is 5.88 Å². The van der Waals surface area contributed by atoms with Crippen LogP contribution in [0.3, 0.4) is 0 Å². The van der Waals surface area contributed by atoms with Crippen LogP contribution in [-0.2, 0) is 16.7 Å². The van der Waals surface area contributed by atoms with Crippen LogP contribution in [0.15, 0.2) is 6.33 Å². The minimum atomic E-state index is -0.143. The monoisotopic (exact) mass is 296 g/mol. The van der Waals surface area contributed by atoms with Gasteiger partial charge in [-0.3, -0.25) is 0 Å². The van der Waals surface area contributed by atoms with Crippen molar-refractivity contribution >= 4 is 22.8 Å². The van der Waals surface area contributed by atoms with Gasteiger partial charge in [0.1, 0.15) is 12.2 Å². The fraction of sp³-hybridized carbons (Fsp3) is 0.615. The Hall–Kier alpha value is -1.40. The number of ether oxygens (including phenoxy) is 2. The molecule has 1 atom stereocenters. The summed E-state index contributed by atoms with van der Waals surface area (Å²) in [6.07, 6.45) is 3.11. The fourth-order valence-electron chi connectivity index (χ4n) is 2.72. The number of fused-ring (bicyclic) bond motifs is 1. The summed E-state index contributed by atoms with van der Waals surface area (Å²) in [6.45, 7) is 3.56. The Bertz CT molecular complexity index is 622. The topological polar surface area (TPSA) is 62.1 Å². The van der Waals surface area contributed by atoms with Gasteiger partial charge in [0.15, 0.2) is 11.2 Å². The van der Waals surface area contributed by atoms with Crippen molar-refractivity contribution in [3.8, 4) is 5.88 Å². The van der Waals surface area contributed by atoms with Crippen molar-refractivity contribution in [1.82, 2.24) is 19.5 Å². The summed E-state index contributed by atoms with van der Waals surface area (Å²) in [6, 6.07) is 0. The number of hydrogen-bond donors (Lipinski definition) is 0. The van der Waals surface area contributed by atoms with Crippen LogP contribution >= 0.6 is 11.6 Å². The highest BCUT2D eigenvalue weighted by molar-refractivity contribution is 6.17. The summed E-state index contributed by atoms with van der Waals surface area (Å²) in [5.41, 5.74) is 1.32. The molecule has 0 spiro atoms. The van der Waals surface area contributed by atoms with Gasteiger partial charge in [0.2, 0.25) is 5.88 Å². The van der Waals surface area contributed by atoms with Gasteiger partial charge in [-0.05, 0) is 13.3 Å². The quantitative estimate of drug-likeness (QED) is 0.805. The molecule has 20 heavy (non-hydrogen) atoms. The highest BCUT2D eigenvalue weighted by Crippen LogP contribution is 2.33. The van der Waals surface area contributed by atoms with Crippen LogP contribution < -0.4 is 4.74 Å². The molecule has 1 fully saturated rings. The molecular formula is C13H17ClN4O2. The normalized spacial score (nSPS) is 22.6. The molecular weight excluding hydrogens is 280 g/mol. The molecule has 3 rings (SSSR count). The first kappa shape index (κ1) is 13.6. The summed E-state index contributed by atoms with van der Waals surface area (Å²) in [4.78, 5) is 13.1. The fourth-order valence-corrected chi connectivity index (χ4v) is 2.89. The molecule has 108 valence electrons. The number of halogens is 1. The second kappa shape index (κ2) is 5.18. The standard InChI is InChI=1S/C13H17ClN4O2/c1-13(4-6-20-7-13)18-9(3-5-14)17-10-11(18)15-8-16-12(10)19-2/h8H,3-7H2,1-2H3. The molecule has 2 aromatic rings. The molecule has 3 heterocycles. The molecule has 1 unspecified atom stereocenters. The Morgan fingerprint density at radius 2 is 2.35 bits per heavy atom. The van der Waals surface area contributed by atoms with Crippen LogP contribution in [0, 0.1) is 0 Å². The highest BCUT2D eigenvalue weighted by atomic mass is 35.5. The molecule has 7 heteroatoms. The number of methoxy groups -OCH3 is 1. The largest absolute Gasteiger partial charge is 0.479 e. The second-order valence-electron chi connectivity index (χ2n) is 5.16. The van der Waals surface area contributed by atoms with E-state index in [1.54, 1.807) is 7.11 Å². The van der Waals surface area contributed by atoms with E-state index in [9.17, 15) is 0 Å². The van der Waals surface area contributed by atoms with E-state index in [1.807, 2.05) is 0 Å². The first-order chi connectivity index (χ1) is 9.69. The molecule has 1 saturated heterocycles. The lowest BCUT2D eigenvalue weighted by Gasteiger charge is -2.26. The van der Waals surface area contributed by atoms with Gasteiger partial charge in [-0.1, -0.05) is 0 Å². The third-order valence-electron chi connectivity index (χ3n) is 3.73. The minimum absolute atomic E-state index is 0.143. The van der Waals surface area contributed by atoms with E-state index in [1.165, 1.54) is 6.33 Å². The molecule has 0 N–H and O–H groups in total. The zero-order chi connectivity index (χ0) is 14.2. The molecule has 0 aromatic carbocycles. The van der Waals surface area contributed by atoms with E-state index in [2.05, 4.69) is 26.4 Å². The van der Waals surface area contributed by atoms with Crippen molar-refractivity contribution in [2.75, 3.05) is 26.2 Å². The van der Waals surface area contributed by atoms with Gasteiger partial charge in [0, 0.05) is 18.9 Å². The van der Waals surface area contributed by atoms with E-state index in [0.717, 1.165) is 24.5 Å². The number of nitrogens with zero attached hydrogens (tertiary/aromatic N) is 4. The lowest BCUT2D eigenvalue weighted by Crippen LogP contribution is -2.32. The molecule has 0 amide bonds. The van der Waals surface area contributed by atoms with Gasteiger partial charge in [-0.15, -0.1) is 11.6 Å². The first-order valence-corrected chi connectivity index (χ1v) is 7.13. The summed E-state index contributed by atoms with van der Waals surface area (Å²) < 4.78 is 13.0. The zero-order valence-electron chi connectivity index (χ0n) is 11.6. The molecule has 0 radical (unpaired) electrons. The maximum absolute atomic E-state index is 5.91. The Labute approximate surface area is 122 Å². The predicted molar refractivity (Wildman–Crippen MR) is 75.4 cm³/mol. The van der Waals surface area contributed by atoms with E-state index in [4.69, 9.17) is 21.1 Å². The van der Waals surface area contributed by atoms with Crippen molar-refractivity contribution in [2.24, 2.45) is 0 Å². The predicted octanol–water partition coefficient (Wildman–Crippen LogP) is 1.75. The van der Waals surface area contributed by atoms with Gasteiger partial charge < -0.3 is 14.0 Å². The van der Waals surface area contributed by atoms with Crippen LogP contribution in [-0.4, -0.2) is 45.7 Å². The lowest BCUT2D eigenvalue weighted by atomic mass is 10.0. The van der Waals surface area contributed by atoms with E-state index in [-0.39, 0.29) is 5.54 Å². The van der Waals surface area contributed by atoms with Gasteiger partial charge in [0.25, 0.3) is 0 Å². The number of aryl methyl sites for hydroxylation is 1. The van der Waals surface area contributed by atoms with Crippen LogP contribution in [0.2, 0.25) is 0 Å². The number of imidazole rings is 1. The van der Waals surface area contributed by atoms with Crippen LogP contribution in [0.4, 0.5) is 0 Å². The molecule has 6 nitrogen and oxygen atoms in total. The molecule has 1 aliphatic rings. The minimum Gasteiger partial charge on any atom is -0.479 e. The average molecular weight is 297 g/mol. The van der Waals surface area contributed by atoms with Crippen molar-refractivity contribution in [2.45, 2.75) is 25.3 Å². The Morgan fingerprint density at radius 3 is 3.00 bits per heavy atom. The third-order valence-corrected chi connectivity index (χ3v) is 3.92. The lowest BCUT2D eigenvalue weighted by molar-refractivity contribution is 0.162. The SMILES string of the molecule is COc1ncnc2c1nc(CCCl)n2C1(C)CCOC1. The van der Waals surface area contributed by atoms with Crippen molar-refractivity contribution in [3.05, 3.63) is 12.2 Å². The van der Waals surface area contributed by atoms with Gasteiger partial charge in [-0.25, -0.2) is 9.97 Å². The number of alkyl halides is 1. The van der Waals surface area contributed by atoms with Crippen molar-refractivity contribution < 1.29 is 9.47 Å². The van der Waals surface area contributed by atoms with Crippen LogP contribution in [0.1, 0.15) is 19.2 Å². The van der Waals surface area contributed by atoms with E-state index in [0.29, 0.717) is 30.3 Å². The molecule has 0 aliphatic carbocycles. The van der Waals surface area contributed by atoms with Crippen molar-refractivity contribution in [3.63, 3.8) is 0 Å². The van der Waals surface area contributed by atoms with E-state index < -0.39 is 0 Å². The molecule has 1 aliphatic heterocycles. The first-order valence-electron chi connectivity index (χ1n) is 6.60. The second-order valence-corrected chi connectivity index (χ2v) is 5.54. The maximum atomic E-state index is 5.91. The molecule has 0 saturated carbocycles. The number of hydrogen-bond acceptors (Lipinski definition) is 5. The molecule has 0 bridgehead atoms. The highest BCUT2D eigenvalue weighted by Gasteiger charge is 2.36. The van der Waals surface area contributed by atoms with Crippen LogP contribution in [0.25, 0.3) is 11.2 Å². The van der Waals surface area contributed by atoms with Gasteiger partial charge in [0.05, 0.1) is 19.3 Å². The summed E-state index contributed by atoms with van der Waals surface area (Å²) >= 11 is 5.91. The summed E-state index contributed by atoms with van der Waals surface area (Å²) in [7, 11) is 1.59. The van der Waals surface area contributed by atoms with Crippen molar-refractivity contribution in [1.29, 1.82) is 0 Å². The zero-order valence-corrected chi connectivity index (χ0v) is 12.4. The van der Waals surface area contributed by atoms with E-state index >= 15 is 0 Å². The summed E-state index contributed by atoms with van der Waals surface area (Å²) in [5, 5.41) is 0. The van der Waals surface area contributed by atoms with Gasteiger partial charge >= 0.3 is 0 Å². The number of rotatable bonds is 4. The van der Waals surface area contributed by atoms with Gasteiger partial charge in [-0.2, -0.15) is 4.98 Å². The Kier molecular flexibility index (Phi) is 3.52. The molecule has 2 aromatic heterocycles. The third kappa shape index (κ3) is 2.03. The number of aromatic nitrogens is 4. The summed E-state index contributed by atoms with van der Waals surface area (Å²) in [5.74, 6) is 1.91. The smallest absolute Gasteiger partial charge is 0.245 e.